The van der Waals surface area contributed by atoms with Gasteiger partial charge in [-0.15, -0.1) is 0 Å². The molecule has 4 N–H and O–H groups in total. The van der Waals surface area contributed by atoms with E-state index in [4.69, 9.17) is 19.3 Å². The van der Waals surface area contributed by atoms with Gasteiger partial charge in [-0.05, 0) is 64.2 Å². The highest BCUT2D eigenvalue weighted by molar-refractivity contribution is 7.46. The summed E-state index contributed by atoms with van der Waals surface area (Å²) in [6, 6.07) is 0. The zero-order chi connectivity index (χ0) is 40.6. The third kappa shape index (κ3) is 28.6. The monoisotopic (exact) mass is 796 g/mol. The number of hydrogen-bond donors (Lipinski definition) is 4. The van der Waals surface area contributed by atoms with Crippen molar-refractivity contribution >= 4 is 25.5 Å². The fourth-order valence-corrected chi connectivity index (χ4v) is 6.87. The number of carbonyl (C=O) groups excluding carboxylic acids is 3. The zero-order valence-corrected chi connectivity index (χ0v) is 34.7. The SMILES string of the molecule is CCCCC/C=C\C/C=C\C/C=C\CCCCCCC(=O)OC[C@H](COP(=O)(O)O)OC(=O)CCCCCC[C@H]1C(=O)C[C@@H](O)[C@@H]1/C=C/[C@@H](O)CCCCC. The van der Waals surface area contributed by atoms with Gasteiger partial charge in [0.15, 0.2) is 6.10 Å². The summed E-state index contributed by atoms with van der Waals surface area (Å²) in [6.45, 7) is 3.33. The summed E-state index contributed by atoms with van der Waals surface area (Å²) in [6.07, 6.45) is 33.0. The molecule has 5 atom stereocenters. The number of aliphatic hydroxyl groups excluding tert-OH is 2. The second kappa shape index (κ2) is 32.7. The van der Waals surface area contributed by atoms with Crippen LogP contribution in [0, 0.1) is 11.8 Å². The number of aliphatic hydroxyl groups is 2. The molecule has 0 spiro atoms. The predicted molar refractivity (Wildman–Crippen MR) is 217 cm³/mol. The summed E-state index contributed by atoms with van der Waals surface area (Å²) < 4.78 is 26.4. The molecule has 0 amide bonds. The van der Waals surface area contributed by atoms with Crippen molar-refractivity contribution < 1.29 is 52.9 Å². The molecule has 0 aromatic carbocycles. The van der Waals surface area contributed by atoms with Crippen LogP contribution in [0.1, 0.15) is 162 Å². The minimum absolute atomic E-state index is 0.0325. The summed E-state index contributed by atoms with van der Waals surface area (Å²) in [4.78, 5) is 55.6. The number of phosphoric acid groups is 1. The number of esters is 2. The molecule has 0 heterocycles. The van der Waals surface area contributed by atoms with Crippen LogP contribution in [0.25, 0.3) is 0 Å². The first-order valence-electron chi connectivity index (χ1n) is 21.0. The van der Waals surface area contributed by atoms with Gasteiger partial charge in [-0.25, -0.2) is 4.57 Å². The van der Waals surface area contributed by atoms with Crippen LogP contribution in [-0.4, -0.2) is 69.2 Å². The number of Topliss-reactive ketones (excluding diaryl/α,β-unsaturated/α-hetero) is 1. The molecule has 0 bridgehead atoms. The van der Waals surface area contributed by atoms with E-state index in [1.54, 1.807) is 12.2 Å². The Morgan fingerprint density at radius 1 is 0.764 bits per heavy atom. The molecule has 11 nitrogen and oxygen atoms in total. The van der Waals surface area contributed by atoms with Crippen molar-refractivity contribution in [3.8, 4) is 0 Å². The molecule has 55 heavy (non-hydrogen) atoms. The highest BCUT2D eigenvalue weighted by atomic mass is 31.2. The first kappa shape index (κ1) is 50.6. The van der Waals surface area contributed by atoms with Crippen molar-refractivity contribution in [1.82, 2.24) is 0 Å². The predicted octanol–water partition coefficient (Wildman–Crippen LogP) is 9.32. The maximum Gasteiger partial charge on any atom is 0.469 e. The van der Waals surface area contributed by atoms with Gasteiger partial charge in [0.1, 0.15) is 12.4 Å². The third-order valence-corrected chi connectivity index (χ3v) is 10.2. The van der Waals surface area contributed by atoms with E-state index < -0.39 is 44.7 Å². The van der Waals surface area contributed by atoms with Crippen molar-refractivity contribution in [2.45, 2.75) is 180 Å². The Bertz CT molecular complexity index is 1190. The smallest absolute Gasteiger partial charge is 0.462 e. The number of ketones is 1. The Morgan fingerprint density at radius 2 is 1.33 bits per heavy atom. The van der Waals surface area contributed by atoms with Crippen molar-refractivity contribution in [2.24, 2.45) is 11.8 Å². The van der Waals surface area contributed by atoms with E-state index in [0.29, 0.717) is 32.1 Å². The third-order valence-electron chi connectivity index (χ3n) is 9.72. The van der Waals surface area contributed by atoms with Crippen LogP contribution in [0.3, 0.4) is 0 Å². The molecule has 0 unspecified atom stereocenters. The molecule has 0 aromatic rings. The average Bonchev–Trinajstić information content (AvgIpc) is 3.41. The molecule has 316 valence electrons. The number of unbranched alkanes of at least 4 members (excludes halogenated alkanes) is 12. The number of rotatable bonds is 34. The summed E-state index contributed by atoms with van der Waals surface area (Å²) in [5, 5.41) is 20.6. The van der Waals surface area contributed by atoms with Gasteiger partial charge in [0.2, 0.25) is 0 Å². The molecular formula is C43H73O11P. The highest BCUT2D eigenvalue weighted by Gasteiger charge is 2.39. The van der Waals surface area contributed by atoms with E-state index in [0.717, 1.165) is 77.0 Å². The van der Waals surface area contributed by atoms with Gasteiger partial charge in [0, 0.05) is 31.1 Å². The van der Waals surface area contributed by atoms with E-state index in [1.807, 2.05) is 0 Å². The van der Waals surface area contributed by atoms with E-state index in [1.165, 1.54) is 19.3 Å². The van der Waals surface area contributed by atoms with Crippen LogP contribution in [0.15, 0.2) is 48.6 Å². The fourth-order valence-electron chi connectivity index (χ4n) is 6.51. The minimum atomic E-state index is -4.83. The molecule has 0 radical (unpaired) electrons. The largest absolute Gasteiger partial charge is 0.469 e. The molecule has 0 aromatic heterocycles. The summed E-state index contributed by atoms with van der Waals surface area (Å²) >= 11 is 0. The average molecular weight is 797 g/mol. The normalized spacial score (nSPS) is 19.0. The molecule has 0 saturated heterocycles. The number of allylic oxidation sites excluding steroid dienone is 6. The Balaban J connectivity index is 2.28. The van der Waals surface area contributed by atoms with Gasteiger partial charge < -0.3 is 29.5 Å². The Hall–Kier alpha value is -2.40. The molecule has 0 aliphatic heterocycles. The Kier molecular flexibility index (Phi) is 30.1. The van der Waals surface area contributed by atoms with E-state index in [-0.39, 0.29) is 43.5 Å². The standard InChI is InChI=1S/C43H73O11P/c1-3-5-7-8-9-10-11-12-13-14-15-16-17-18-19-20-25-29-42(47)52-34-37(35-53-55(49,50)51)54-43(48)30-26-22-21-24-28-38-39(41(46)33-40(38)45)32-31-36(44)27-23-6-4-2/h9-10,12-13,15-16,31-32,36-39,41,44,46H,3-8,11,14,17-30,33-35H2,1-2H3,(H2,49,50,51)/b10-9-,13-12-,16-15-,32-31+/t36-,37+,38+,39+,41+/m0/s1. The first-order valence-corrected chi connectivity index (χ1v) is 22.6. The van der Waals surface area contributed by atoms with Crippen LogP contribution < -0.4 is 0 Å². The maximum absolute atomic E-state index is 12.5. The molecule has 1 rings (SSSR count). The lowest BCUT2D eigenvalue weighted by Gasteiger charge is -2.19. The van der Waals surface area contributed by atoms with Crippen LogP contribution >= 0.6 is 7.82 Å². The first-order chi connectivity index (χ1) is 26.5. The molecule has 1 aliphatic carbocycles. The van der Waals surface area contributed by atoms with Gasteiger partial charge in [-0.3, -0.25) is 18.9 Å². The van der Waals surface area contributed by atoms with Gasteiger partial charge in [0.05, 0.1) is 18.8 Å². The number of hydrogen-bond acceptors (Lipinski definition) is 9. The summed E-state index contributed by atoms with van der Waals surface area (Å²) in [5.74, 6) is -1.64. The van der Waals surface area contributed by atoms with Crippen molar-refractivity contribution in [3.05, 3.63) is 48.6 Å². The zero-order valence-electron chi connectivity index (χ0n) is 33.8. The minimum Gasteiger partial charge on any atom is -0.462 e. The number of phosphoric ester groups is 1. The second-order valence-electron chi connectivity index (χ2n) is 14.7. The van der Waals surface area contributed by atoms with Crippen LogP contribution in [0.5, 0.6) is 0 Å². The highest BCUT2D eigenvalue weighted by Crippen LogP contribution is 2.36. The van der Waals surface area contributed by atoms with Crippen LogP contribution in [-0.2, 0) is 32.9 Å². The Labute approximate surface area is 331 Å². The lowest BCUT2D eigenvalue weighted by Crippen LogP contribution is -2.29. The Morgan fingerprint density at radius 3 is 1.96 bits per heavy atom. The maximum atomic E-state index is 12.5. The number of ether oxygens (including phenoxy) is 2. The number of carbonyl (C=O) groups is 3. The quantitative estimate of drug-likeness (QED) is 0.0211. The van der Waals surface area contributed by atoms with Crippen molar-refractivity contribution in [2.75, 3.05) is 13.2 Å². The molecular weight excluding hydrogens is 723 g/mol. The van der Waals surface area contributed by atoms with Crippen LogP contribution in [0.4, 0.5) is 0 Å². The molecule has 1 fully saturated rings. The van der Waals surface area contributed by atoms with Crippen molar-refractivity contribution in [3.63, 3.8) is 0 Å². The van der Waals surface area contributed by atoms with E-state index >= 15 is 0 Å². The van der Waals surface area contributed by atoms with Gasteiger partial charge >= 0.3 is 19.8 Å². The molecule has 1 saturated carbocycles. The fraction of sp³-hybridized carbons (Fsp3) is 0.744. The lowest BCUT2D eigenvalue weighted by molar-refractivity contribution is -0.161. The summed E-state index contributed by atoms with van der Waals surface area (Å²) in [5.41, 5.74) is 0. The van der Waals surface area contributed by atoms with Gasteiger partial charge in [-0.2, -0.15) is 0 Å². The van der Waals surface area contributed by atoms with Crippen LogP contribution in [0.2, 0.25) is 0 Å². The van der Waals surface area contributed by atoms with Crippen molar-refractivity contribution in [1.29, 1.82) is 0 Å². The lowest BCUT2D eigenvalue weighted by atomic mass is 9.88. The van der Waals surface area contributed by atoms with E-state index in [9.17, 15) is 29.2 Å². The molecule has 12 heteroatoms. The second-order valence-corrected chi connectivity index (χ2v) is 16.0. The van der Waals surface area contributed by atoms with Gasteiger partial charge in [-0.1, -0.05) is 127 Å². The van der Waals surface area contributed by atoms with Gasteiger partial charge in [0.25, 0.3) is 0 Å². The van der Waals surface area contributed by atoms with E-state index in [2.05, 4.69) is 54.8 Å². The summed E-state index contributed by atoms with van der Waals surface area (Å²) in [7, 11) is -4.83. The topological polar surface area (TPSA) is 177 Å². The molecule has 1 aliphatic rings.